The summed E-state index contributed by atoms with van der Waals surface area (Å²) in [5.74, 6) is 0.242. The summed E-state index contributed by atoms with van der Waals surface area (Å²) in [5, 5.41) is 13.6. The van der Waals surface area contributed by atoms with Crippen LogP contribution in [0, 0.1) is 29.9 Å². The molecule has 0 radical (unpaired) electrons. The minimum atomic E-state index is -2.91. The van der Waals surface area contributed by atoms with E-state index >= 15 is 0 Å². The maximum atomic E-state index is 14.7. The Bertz CT molecular complexity index is 1760. The molecule has 0 saturated carbocycles. The first-order valence-corrected chi connectivity index (χ1v) is 15.6. The van der Waals surface area contributed by atoms with Crippen LogP contribution in [-0.2, 0) is 21.7 Å². The van der Waals surface area contributed by atoms with E-state index in [0.717, 1.165) is 28.9 Å². The van der Waals surface area contributed by atoms with Crippen molar-refractivity contribution in [1.29, 1.82) is 0 Å². The lowest BCUT2D eigenvalue weighted by molar-refractivity contribution is 0.189. The van der Waals surface area contributed by atoms with E-state index in [9.17, 15) is 17.2 Å². The fourth-order valence-corrected chi connectivity index (χ4v) is 8.29. The van der Waals surface area contributed by atoms with E-state index in [4.69, 9.17) is 4.98 Å². The predicted molar refractivity (Wildman–Crippen MR) is 150 cm³/mol. The minimum absolute atomic E-state index is 0.0362. The number of hydrogen-bond donors (Lipinski definition) is 0. The monoisotopic (exact) mass is 578 g/mol. The van der Waals surface area contributed by atoms with Crippen molar-refractivity contribution < 1.29 is 17.2 Å². The van der Waals surface area contributed by atoms with Crippen molar-refractivity contribution >= 4 is 9.84 Å². The van der Waals surface area contributed by atoms with Gasteiger partial charge in [-0.2, -0.15) is 5.10 Å². The van der Waals surface area contributed by atoms with E-state index in [0.29, 0.717) is 18.1 Å². The number of rotatable bonds is 6. The molecule has 1 aromatic carbocycles. The second-order valence-corrected chi connectivity index (χ2v) is 14.2. The first-order chi connectivity index (χ1) is 19.3. The molecular formula is C30H32F2N6O2S. The molecule has 1 aliphatic carbocycles. The Labute approximate surface area is 238 Å². The first kappa shape index (κ1) is 27.6. The molecule has 2 atom stereocenters. The molecule has 0 spiro atoms. The number of fused-ring (bicyclic) bond motifs is 1. The molecular weight excluding hydrogens is 546 g/mol. The van der Waals surface area contributed by atoms with Gasteiger partial charge >= 0.3 is 0 Å². The van der Waals surface area contributed by atoms with Gasteiger partial charge in [0, 0.05) is 6.42 Å². The standard InChI is InChI=1S/C30H32F2N6O2S/c1-6-20-19-13-23(27-21(31)8-7-9-22(27)32)35-36-28(19)30(5,29(20,3)4)24-10-17(2)11-26(34-24)38-16-33-25(37-38)12-18-14-41(39,40)15-18/h7-11,13,16,18,20H,6,12,14-15H2,1-5H3/t20-,30-/m0/s1. The maximum Gasteiger partial charge on any atom is 0.155 e. The lowest BCUT2D eigenvalue weighted by Crippen LogP contribution is -2.40. The third-order valence-electron chi connectivity index (χ3n) is 9.15. The van der Waals surface area contributed by atoms with Crippen LogP contribution in [0.3, 0.4) is 0 Å². The number of halogens is 2. The Morgan fingerprint density at radius 1 is 1.05 bits per heavy atom. The van der Waals surface area contributed by atoms with Gasteiger partial charge in [-0.15, -0.1) is 10.2 Å². The molecule has 4 aromatic rings. The topological polar surface area (TPSA) is 104 Å². The minimum Gasteiger partial charge on any atom is -0.233 e. The van der Waals surface area contributed by atoms with Crippen LogP contribution < -0.4 is 0 Å². The number of aryl methyl sites for hydroxylation is 1. The molecule has 0 bridgehead atoms. The maximum absolute atomic E-state index is 14.7. The van der Waals surface area contributed by atoms with E-state index in [1.54, 1.807) is 17.1 Å². The van der Waals surface area contributed by atoms with E-state index in [-0.39, 0.29) is 40.0 Å². The second-order valence-electron chi connectivity index (χ2n) is 12.1. The molecule has 2 aliphatic rings. The van der Waals surface area contributed by atoms with Gasteiger partial charge in [-0.1, -0.05) is 26.8 Å². The highest BCUT2D eigenvalue weighted by atomic mass is 32.2. The third kappa shape index (κ3) is 4.36. The SMILES string of the molecule is CC[C@H]1c2cc(-c3c(F)cccc3F)nnc2[C@](C)(c2cc(C)cc(-n3cnc(CC4CS(=O)(=O)C4)n3)n2)C1(C)C. The second kappa shape index (κ2) is 9.47. The zero-order chi connectivity index (χ0) is 29.3. The first-order valence-electron chi connectivity index (χ1n) is 13.8. The summed E-state index contributed by atoms with van der Waals surface area (Å²) in [6.07, 6.45) is 2.90. The molecule has 6 rings (SSSR count). The molecule has 1 aliphatic heterocycles. The molecule has 3 aromatic heterocycles. The van der Waals surface area contributed by atoms with Gasteiger partial charge in [-0.25, -0.2) is 31.8 Å². The molecule has 1 saturated heterocycles. The normalized spacial score (nSPS) is 22.9. The van der Waals surface area contributed by atoms with Gasteiger partial charge in [0.1, 0.15) is 18.0 Å². The summed E-state index contributed by atoms with van der Waals surface area (Å²) in [6.45, 7) is 10.6. The fourth-order valence-electron chi connectivity index (χ4n) is 6.72. The number of aromatic nitrogens is 6. The number of sulfone groups is 1. The smallest absolute Gasteiger partial charge is 0.155 e. The van der Waals surface area contributed by atoms with Crippen molar-refractivity contribution in [2.75, 3.05) is 11.5 Å². The molecule has 41 heavy (non-hydrogen) atoms. The molecule has 0 N–H and O–H groups in total. The quantitative estimate of drug-likeness (QED) is 0.312. The van der Waals surface area contributed by atoms with Gasteiger partial charge in [0.25, 0.3) is 0 Å². The number of nitrogens with zero attached hydrogens (tertiary/aromatic N) is 6. The van der Waals surface area contributed by atoms with E-state index in [2.05, 4.69) is 48.0 Å². The molecule has 1 fully saturated rings. The van der Waals surface area contributed by atoms with Gasteiger partial charge in [0.05, 0.1) is 39.6 Å². The molecule has 4 heterocycles. The third-order valence-corrected chi connectivity index (χ3v) is 11.1. The van der Waals surface area contributed by atoms with Gasteiger partial charge in [-0.05, 0) is 79.0 Å². The van der Waals surface area contributed by atoms with Crippen LogP contribution in [0.15, 0.2) is 42.7 Å². The van der Waals surface area contributed by atoms with Gasteiger partial charge in [-0.3, -0.25) is 0 Å². The Hall–Kier alpha value is -3.60. The highest BCUT2D eigenvalue weighted by molar-refractivity contribution is 7.92. The van der Waals surface area contributed by atoms with Crippen LogP contribution in [0.25, 0.3) is 17.1 Å². The highest BCUT2D eigenvalue weighted by Crippen LogP contribution is 2.61. The molecule has 8 nitrogen and oxygen atoms in total. The molecule has 0 amide bonds. The fraction of sp³-hybridized carbons (Fsp3) is 0.433. The van der Waals surface area contributed by atoms with Crippen molar-refractivity contribution in [2.24, 2.45) is 11.3 Å². The van der Waals surface area contributed by atoms with E-state index < -0.39 is 26.9 Å². The average molecular weight is 579 g/mol. The zero-order valence-electron chi connectivity index (χ0n) is 23.7. The van der Waals surface area contributed by atoms with Gasteiger partial charge in [0.2, 0.25) is 0 Å². The summed E-state index contributed by atoms with van der Waals surface area (Å²) in [4.78, 5) is 9.47. The largest absolute Gasteiger partial charge is 0.233 e. The van der Waals surface area contributed by atoms with Crippen molar-refractivity contribution in [1.82, 2.24) is 29.9 Å². The van der Waals surface area contributed by atoms with E-state index in [1.807, 2.05) is 19.1 Å². The van der Waals surface area contributed by atoms with Gasteiger partial charge in [0.15, 0.2) is 21.5 Å². The lowest BCUT2D eigenvalue weighted by atomic mass is 9.62. The molecule has 11 heteroatoms. The highest BCUT2D eigenvalue weighted by Gasteiger charge is 2.57. The van der Waals surface area contributed by atoms with E-state index in [1.165, 1.54) is 18.2 Å². The van der Waals surface area contributed by atoms with Crippen molar-refractivity contribution in [3.63, 3.8) is 0 Å². The van der Waals surface area contributed by atoms with Crippen LogP contribution in [0.4, 0.5) is 8.78 Å². The van der Waals surface area contributed by atoms with Crippen LogP contribution in [0.1, 0.15) is 68.4 Å². The Morgan fingerprint density at radius 3 is 2.41 bits per heavy atom. The number of pyridine rings is 1. The Kier molecular flexibility index (Phi) is 6.37. The summed E-state index contributed by atoms with van der Waals surface area (Å²) in [5.41, 5.74) is 2.37. The average Bonchev–Trinajstić information content (AvgIpc) is 3.41. The number of hydrogen-bond acceptors (Lipinski definition) is 7. The van der Waals surface area contributed by atoms with Crippen molar-refractivity contribution in [3.05, 3.63) is 82.7 Å². The Balaban J connectivity index is 1.42. The zero-order valence-corrected chi connectivity index (χ0v) is 24.5. The van der Waals surface area contributed by atoms with Crippen LogP contribution in [0.2, 0.25) is 0 Å². The summed E-state index contributed by atoms with van der Waals surface area (Å²) in [7, 11) is -2.91. The summed E-state index contributed by atoms with van der Waals surface area (Å²) < 4.78 is 54.0. The lowest BCUT2D eigenvalue weighted by Gasteiger charge is -2.41. The van der Waals surface area contributed by atoms with Crippen LogP contribution >= 0.6 is 0 Å². The molecule has 214 valence electrons. The summed E-state index contributed by atoms with van der Waals surface area (Å²) >= 11 is 0. The van der Waals surface area contributed by atoms with Crippen molar-refractivity contribution in [3.8, 4) is 17.1 Å². The van der Waals surface area contributed by atoms with Crippen molar-refractivity contribution in [2.45, 2.75) is 58.8 Å². The predicted octanol–water partition coefficient (Wildman–Crippen LogP) is 5.13. The van der Waals surface area contributed by atoms with Crippen LogP contribution in [0.5, 0.6) is 0 Å². The van der Waals surface area contributed by atoms with Crippen LogP contribution in [-0.4, -0.2) is 49.9 Å². The Morgan fingerprint density at radius 2 is 1.76 bits per heavy atom. The summed E-state index contributed by atoms with van der Waals surface area (Å²) in [6, 6.07) is 9.53. The molecule has 0 unspecified atom stereocenters. The number of benzene rings is 1. The van der Waals surface area contributed by atoms with Gasteiger partial charge < -0.3 is 0 Å².